The third kappa shape index (κ3) is 5.08. The largest absolute Gasteiger partial charge is 0.491 e. The molecule has 0 unspecified atom stereocenters. The highest BCUT2D eigenvalue weighted by Gasteiger charge is 2.08. The highest BCUT2D eigenvalue weighted by atomic mass is 16.5. The van der Waals surface area contributed by atoms with Crippen molar-refractivity contribution in [2.45, 2.75) is 33.7 Å². The maximum Gasteiger partial charge on any atom is 0.319 e. The summed E-state index contributed by atoms with van der Waals surface area (Å²) in [4.78, 5) is 11.6. The first-order valence-corrected chi connectivity index (χ1v) is 6.28. The molecule has 0 fully saturated rings. The molecule has 0 aromatic heterocycles. The van der Waals surface area contributed by atoms with E-state index in [1.165, 1.54) is 0 Å². The first kappa shape index (κ1) is 14.4. The standard InChI is InChI=1S/C14H22N2O2/c1-10(2)9-18-13-8-6-5-7-12(13)16-14(17)15-11(3)4/h5-8,10-11H,9H2,1-4H3,(H2,15,16,17). The van der Waals surface area contributed by atoms with E-state index in [2.05, 4.69) is 24.5 Å². The Kier molecular flexibility index (Phi) is 5.49. The van der Waals surface area contributed by atoms with Gasteiger partial charge in [-0.1, -0.05) is 26.0 Å². The van der Waals surface area contributed by atoms with E-state index in [4.69, 9.17) is 4.74 Å². The molecule has 18 heavy (non-hydrogen) atoms. The van der Waals surface area contributed by atoms with Gasteiger partial charge in [-0.25, -0.2) is 4.79 Å². The van der Waals surface area contributed by atoms with Crippen LogP contribution in [0, 0.1) is 5.92 Å². The Morgan fingerprint density at radius 1 is 1.22 bits per heavy atom. The van der Waals surface area contributed by atoms with Gasteiger partial charge in [0.05, 0.1) is 12.3 Å². The van der Waals surface area contributed by atoms with Crippen LogP contribution in [0.2, 0.25) is 0 Å². The normalized spacial score (nSPS) is 10.6. The van der Waals surface area contributed by atoms with Crippen molar-refractivity contribution in [1.29, 1.82) is 0 Å². The average molecular weight is 250 g/mol. The molecule has 0 saturated carbocycles. The van der Waals surface area contributed by atoms with Crippen molar-refractivity contribution in [3.63, 3.8) is 0 Å². The molecular weight excluding hydrogens is 228 g/mol. The molecule has 0 bridgehead atoms. The molecule has 0 heterocycles. The second kappa shape index (κ2) is 6.89. The van der Waals surface area contributed by atoms with Crippen LogP contribution in [0.15, 0.2) is 24.3 Å². The second-order valence-corrected chi connectivity index (χ2v) is 4.95. The Hall–Kier alpha value is -1.71. The van der Waals surface area contributed by atoms with E-state index in [9.17, 15) is 4.79 Å². The van der Waals surface area contributed by atoms with Crippen molar-refractivity contribution in [1.82, 2.24) is 5.32 Å². The molecule has 1 aromatic rings. The van der Waals surface area contributed by atoms with Crippen molar-refractivity contribution in [3.8, 4) is 5.75 Å². The minimum Gasteiger partial charge on any atom is -0.491 e. The molecule has 0 aliphatic carbocycles. The summed E-state index contributed by atoms with van der Waals surface area (Å²) in [5.74, 6) is 1.15. The molecule has 0 aliphatic rings. The van der Waals surface area contributed by atoms with Crippen molar-refractivity contribution in [2.75, 3.05) is 11.9 Å². The SMILES string of the molecule is CC(C)COc1ccccc1NC(=O)NC(C)C. The van der Waals surface area contributed by atoms with Crippen LogP contribution in [0.5, 0.6) is 5.75 Å². The number of nitrogens with one attached hydrogen (secondary N) is 2. The van der Waals surface area contributed by atoms with Crippen LogP contribution in [0.4, 0.5) is 10.5 Å². The summed E-state index contributed by atoms with van der Waals surface area (Å²) >= 11 is 0. The number of benzene rings is 1. The van der Waals surface area contributed by atoms with Gasteiger partial charge in [0.2, 0.25) is 0 Å². The fraction of sp³-hybridized carbons (Fsp3) is 0.500. The van der Waals surface area contributed by atoms with E-state index in [-0.39, 0.29) is 12.1 Å². The van der Waals surface area contributed by atoms with Crippen LogP contribution in [0.25, 0.3) is 0 Å². The number of amides is 2. The van der Waals surface area contributed by atoms with Crippen LogP contribution in [-0.4, -0.2) is 18.7 Å². The molecule has 0 saturated heterocycles. The van der Waals surface area contributed by atoms with E-state index in [0.717, 1.165) is 0 Å². The zero-order valence-electron chi connectivity index (χ0n) is 11.5. The first-order chi connectivity index (χ1) is 8.49. The molecular formula is C14H22N2O2. The van der Waals surface area contributed by atoms with Gasteiger partial charge in [-0.15, -0.1) is 0 Å². The first-order valence-electron chi connectivity index (χ1n) is 6.28. The maximum atomic E-state index is 11.6. The molecule has 100 valence electrons. The minimum absolute atomic E-state index is 0.105. The van der Waals surface area contributed by atoms with Crippen molar-refractivity contribution in [2.24, 2.45) is 5.92 Å². The summed E-state index contributed by atoms with van der Waals surface area (Å²) < 4.78 is 5.66. The summed E-state index contributed by atoms with van der Waals surface area (Å²) in [6, 6.07) is 7.33. The van der Waals surface area contributed by atoms with E-state index in [0.29, 0.717) is 24.0 Å². The van der Waals surface area contributed by atoms with Gasteiger partial charge >= 0.3 is 6.03 Å². The minimum atomic E-state index is -0.217. The number of ether oxygens (including phenoxy) is 1. The number of para-hydroxylation sites is 2. The summed E-state index contributed by atoms with van der Waals surface area (Å²) in [5.41, 5.74) is 0.691. The molecule has 0 spiro atoms. The van der Waals surface area contributed by atoms with Gasteiger partial charge in [-0.05, 0) is 31.9 Å². The number of hydrogen-bond donors (Lipinski definition) is 2. The van der Waals surface area contributed by atoms with Crippen LogP contribution in [0.3, 0.4) is 0 Å². The van der Waals surface area contributed by atoms with Crippen molar-refractivity contribution < 1.29 is 9.53 Å². The third-order valence-electron chi connectivity index (χ3n) is 2.13. The predicted octanol–water partition coefficient (Wildman–Crippen LogP) is 3.25. The van der Waals surface area contributed by atoms with Gasteiger partial charge in [0.15, 0.2) is 0 Å². The Labute approximate surface area is 109 Å². The van der Waals surface area contributed by atoms with Gasteiger partial charge in [0.25, 0.3) is 0 Å². The van der Waals surface area contributed by atoms with Crippen molar-refractivity contribution in [3.05, 3.63) is 24.3 Å². The summed E-state index contributed by atoms with van der Waals surface area (Å²) in [7, 11) is 0. The van der Waals surface area contributed by atoms with Crippen LogP contribution in [0.1, 0.15) is 27.7 Å². The lowest BCUT2D eigenvalue weighted by molar-refractivity contribution is 0.249. The third-order valence-corrected chi connectivity index (χ3v) is 2.13. The Bertz CT molecular complexity index is 389. The fourth-order valence-electron chi connectivity index (χ4n) is 1.37. The number of hydrogen-bond acceptors (Lipinski definition) is 2. The topological polar surface area (TPSA) is 50.4 Å². The second-order valence-electron chi connectivity index (χ2n) is 4.95. The quantitative estimate of drug-likeness (QED) is 0.842. The molecule has 1 aromatic carbocycles. The van der Waals surface area contributed by atoms with E-state index in [1.807, 2.05) is 38.1 Å². The lowest BCUT2D eigenvalue weighted by Crippen LogP contribution is -2.34. The molecule has 1 rings (SSSR count). The Balaban J connectivity index is 2.66. The molecule has 2 amide bonds. The smallest absolute Gasteiger partial charge is 0.319 e. The summed E-state index contributed by atoms with van der Waals surface area (Å²) in [6.45, 7) is 8.63. The Morgan fingerprint density at radius 3 is 2.50 bits per heavy atom. The fourth-order valence-corrected chi connectivity index (χ4v) is 1.37. The maximum absolute atomic E-state index is 11.6. The molecule has 2 N–H and O–H groups in total. The average Bonchev–Trinajstić information content (AvgIpc) is 2.26. The number of carbonyl (C=O) groups is 1. The van der Waals surface area contributed by atoms with Gasteiger partial charge in [0, 0.05) is 6.04 Å². The number of urea groups is 1. The van der Waals surface area contributed by atoms with Crippen LogP contribution < -0.4 is 15.4 Å². The lowest BCUT2D eigenvalue weighted by atomic mass is 10.2. The van der Waals surface area contributed by atoms with Crippen molar-refractivity contribution >= 4 is 11.7 Å². The molecule has 0 radical (unpaired) electrons. The zero-order valence-corrected chi connectivity index (χ0v) is 11.5. The zero-order chi connectivity index (χ0) is 13.5. The monoisotopic (exact) mass is 250 g/mol. The number of rotatable bonds is 5. The summed E-state index contributed by atoms with van der Waals surface area (Å²) in [5, 5.41) is 5.57. The van der Waals surface area contributed by atoms with Gasteiger partial charge < -0.3 is 15.4 Å². The highest BCUT2D eigenvalue weighted by molar-refractivity contribution is 5.91. The van der Waals surface area contributed by atoms with Gasteiger partial charge in [-0.2, -0.15) is 0 Å². The molecule has 4 nitrogen and oxygen atoms in total. The van der Waals surface area contributed by atoms with E-state index < -0.39 is 0 Å². The van der Waals surface area contributed by atoms with Gasteiger partial charge in [0.1, 0.15) is 5.75 Å². The van der Waals surface area contributed by atoms with Crippen LogP contribution in [-0.2, 0) is 0 Å². The molecule has 4 heteroatoms. The number of anilines is 1. The molecule has 0 aliphatic heterocycles. The van der Waals surface area contributed by atoms with Crippen LogP contribution >= 0.6 is 0 Å². The predicted molar refractivity (Wildman–Crippen MR) is 74.1 cm³/mol. The highest BCUT2D eigenvalue weighted by Crippen LogP contribution is 2.24. The number of carbonyl (C=O) groups excluding carboxylic acids is 1. The lowest BCUT2D eigenvalue weighted by Gasteiger charge is -2.15. The van der Waals surface area contributed by atoms with Gasteiger partial charge in [-0.3, -0.25) is 0 Å². The van der Waals surface area contributed by atoms with E-state index in [1.54, 1.807) is 0 Å². The molecule has 0 atom stereocenters. The van der Waals surface area contributed by atoms with E-state index >= 15 is 0 Å². The Morgan fingerprint density at radius 2 is 1.89 bits per heavy atom. The summed E-state index contributed by atoms with van der Waals surface area (Å²) in [6.07, 6.45) is 0.